The van der Waals surface area contributed by atoms with Crippen LogP contribution in [0.5, 0.6) is 0 Å². The summed E-state index contributed by atoms with van der Waals surface area (Å²) in [5.41, 5.74) is 0. The zero-order chi connectivity index (χ0) is 19.5. The molecule has 0 radical (unpaired) electrons. The Kier molecular flexibility index (Phi) is 10.9. The van der Waals surface area contributed by atoms with Crippen molar-refractivity contribution >= 4 is 27.2 Å². The minimum Gasteiger partial charge on any atom is -0.308 e. The van der Waals surface area contributed by atoms with Crippen molar-refractivity contribution in [3.8, 4) is 0 Å². The van der Waals surface area contributed by atoms with Crippen LogP contribution in [0.15, 0.2) is 24.3 Å². The highest BCUT2D eigenvalue weighted by Crippen LogP contribution is 2.26. The normalized spacial score (nSPS) is 12.5. The molecule has 0 atom stereocenters. The molecule has 0 nitrogen and oxygen atoms in total. The molecule has 0 spiro atoms. The van der Waals surface area contributed by atoms with E-state index >= 15 is 8.22 Å². The summed E-state index contributed by atoms with van der Waals surface area (Å²) in [4.78, 5) is 0. The largest absolute Gasteiger partial charge is 0.308 e. The third kappa shape index (κ3) is 6.92. The lowest BCUT2D eigenvalue weighted by Gasteiger charge is -2.26. The Balaban J connectivity index is 3.03. The fourth-order valence-electron chi connectivity index (χ4n) is 3.72. The quantitative estimate of drug-likeness (QED) is 0.231. The van der Waals surface area contributed by atoms with Crippen LogP contribution in [-0.4, -0.2) is 16.8 Å². The van der Waals surface area contributed by atoms with Crippen molar-refractivity contribution in [1.82, 2.24) is 0 Å². The highest BCUT2D eigenvalue weighted by Gasteiger charge is 2.38. The number of benzene rings is 1. The number of halogens is 2. The van der Waals surface area contributed by atoms with Gasteiger partial charge in [0.2, 0.25) is 0 Å². The van der Waals surface area contributed by atoms with Crippen molar-refractivity contribution in [3.05, 3.63) is 24.3 Å². The number of hydrogen-bond acceptors (Lipinski definition) is 0. The van der Waals surface area contributed by atoms with E-state index in [0.29, 0.717) is 24.2 Å². The molecule has 0 N–H and O–H groups in total. The molecule has 0 amide bonds. The molecular formula is C22H40F2Si2. The van der Waals surface area contributed by atoms with Gasteiger partial charge in [0.1, 0.15) is 0 Å². The van der Waals surface area contributed by atoms with Gasteiger partial charge in [-0.15, -0.1) is 0 Å². The van der Waals surface area contributed by atoms with Crippen LogP contribution in [0.3, 0.4) is 0 Å². The number of rotatable bonds is 14. The van der Waals surface area contributed by atoms with E-state index in [1.165, 1.54) is 0 Å². The molecule has 150 valence electrons. The van der Waals surface area contributed by atoms with Crippen molar-refractivity contribution in [3.63, 3.8) is 0 Å². The van der Waals surface area contributed by atoms with Gasteiger partial charge < -0.3 is 8.22 Å². The molecule has 1 aromatic rings. The van der Waals surface area contributed by atoms with E-state index in [2.05, 4.69) is 27.7 Å². The monoisotopic (exact) mass is 398 g/mol. The van der Waals surface area contributed by atoms with Crippen molar-refractivity contribution in [2.24, 2.45) is 0 Å². The Hall–Kier alpha value is -0.486. The van der Waals surface area contributed by atoms with Gasteiger partial charge in [0.05, 0.1) is 0 Å². The number of unbranched alkanes of at least 4 members (excludes halogenated alkanes) is 4. The van der Waals surface area contributed by atoms with Gasteiger partial charge in [-0.05, 0) is 34.5 Å². The van der Waals surface area contributed by atoms with Crippen LogP contribution >= 0.6 is 0 Å². The van der Waals surface area contributed by atoms with Crippen molar-refractivity contribution in [2.45, 2.75) is 103 Å². The van der Waals surface area contributed by atoms with E-state index in [-0.39, 0.29) is 0 Å². The van der Waals surface area contributed by atoms with Crippen LogP contribution in [-0.2, 0) is 0 Å². The average Bonchev–Trinajstić information content (AvgIpc) is 2.67. The van der Waals surface area contributed by atoms with Gasteiger partial charge in [-0.25, -0.2) is 0 Å². The second kappa shape index (κ2) is 12.1. The Morgan fingerprint density at radius 3 is 0.962 bits per heavy atom. The maximum absolute atomic E-state index is 15.8. The molecule has 1 rings (SSSR count). The molecule has 0 aliphatic heterocycles. The first-order valence-corrected chi connectivity index (χ1v) is 15.5. The summed E-state index contributed by atoms with van der Waals surface area (Å²) in [5.74, 6) is 0. The highest BCUT2D eigenvalue weighted by atomic mass is 28.4. The Bertz CT molecular complexity index is 426. The smallest absolute Gasteiger partial charge is 0.277 e. The molecule has 0 aromatic heterocycles. The van der Waals surface area contributed by atoms with E-state index in [1.54, 1.807) is 0 Å². The van der Waals surface area contributed by atoms with Gasteiger partial charge in [0.15, 0.2) is 0 Å². The van der Waals surface area contributed by atoms with Gasteiger partial charge in [0, 0.05) is 0 Å². The summed E-state index contributed by atoms with van der Waals surface area (Å²) in [5, 5.41) is 1.79. The van der Waals surface area contributed by atoms with Gasteiger partial charge in [0.25, 0.3) is 16.8 Å². The summed E-state index contributed by atoms with van der Waals surface area (Å²) in [6.07, 6.45) is 8.00. The van der Waals surface area contributed by atoms with Crippen molar-refractivity contribution in [2.75, 3.05) is 0 Å². The molecule has 0 saturated carbocycles. The zero-order valence-electron chi connectivity index (χ0n) is 17.6. The predicted octanol–water partition coefficient (Wildman–Crippen LogP) is 7.13. The van der Waals surface area contributed by atoms with Gasteiger partial charge >= 0.3 is 0 Å². The van der Waals surface area contributed by atoms with Gasteiger partial charge in [-0.2, -0.15) is 0 Å². The van der Waals surface area contributed by atoms with E-state index < -0.39 is 16.8 Å². The second-order valence-corrected chi connectivity index (χ2v) is 14.9. The van der Waals surface area contributed by atoms with E-state index in [9.17, 15) is 0 Å². The zero-order valence-corrected chi connectivity index (χ0v) is 19.6. The molecule has 4 heteroatoms. The SMILES string of the molecule is CCCC[Si](F)(CCCC)c1ccc([Si](F)(CCCC)CCCC)cc1. The Morgan fingerprint density at radius 1 is 0.538 bits per heavy atom. The van der Waals surface area contributed by atoms with Crippen LogP contribution in [0.25, 0.3) is 0 Å². The van der Waals surface area contributed by atoms with Crippen molar-refractivity contribution < 1.29 is 8.22 Å². The summed E-state index contributed by atoms with van der Waals surface area (Å²) in [6.45, 7) is 8.51. The third-order valence-corrected chi connectivity index (χ3v) is 12.9. The van der Waals surface area contributed by atoms with Gasteiger partial charge in [-0.1, -0.05) is 103 Å². The lowest BCUT2D eigenvalue weighted by molar-refractivity contribution is 0.716. The summed E-state index contributed by atoms with van der Waals surface area (Å²) >= 11 is 0. The van der Waals surface area contributed by atoms with Crippen LogP contribution < -0.4 is 10.4 Å². The molecule has 0 aliphatic carbocycles. The van der Waals surface area contributed by atoms with Crippen molar-refractivity contribution in [1.29, 1.82) is 0 Å². The molecular weight excluding hydrogens is 358 g/mol. The Morgan fingerprint density at radius 2 is 0.769 bits per heavy atom. The highest BCUT2D eigenvalue weighted by molar-refractivity contribution is 6.87. The van der Waals surface area contributed by atoms with E-state index in [1.807, 2.05) is 24.3 Å². The molecule has 1 aromatic carbocycles. The van der Waals surface area contributed by atoms with Crippen LogP contribution in [0.2, 0.25) is 24.2 Å². The summed E-state index contributed by atoms with van der Waals surface area (Å²) < 4.78 is 31.6. The predicted molar refractivity (Wildman–Crippen MR) is 118 cm³/mol. The first-order chi connectivity index (χ1) is 12.5. The molecule has 0 unspecified atom stereocenters. The molecule has 0 aliphatic rings. The number of hydrogen-bond donors (Lipinski definition) is 0. The van der Waals surface area contributed by atoms with Crippen LogP contribution in [0, 0.1) is 0 Å². The average molecular weight is 399 g/mol. The molecule has 0 fully saturated rings. The maximum Gasteiger partial charge on any atom is 0.277 e. The molecule has 0 heterocycles. The third-order valence-electron chi connectivity index (χ3n) is 5.63. The second-order valence-electron chi connectivity index (χ2n) is 7.92. The maximum atomic E-state index is 15.8. The topological polar surface area (TPSA) is 0 Å². The first kappa shape index (κ1) is 23.6. The minimum absolute atomic E-state index is 0.715. The summed E-state index contributed by atoms with van der Waals surface area (Å²) in [6, 6.07) is 10.7. The van der Waals surface area contributed by atoms with E-state index in [0.717, 1.165) is 61.7 Å². The van der Waals surface area contributed by atoms with E-state index in [4.69, 9.17) is 0 Å². The van der Waals surface area contributed by atoms with Crippen LogP contribution in [0.4, 0.5) is 8.22 Å². The first-order valence-electron chi connectivity index (χ1n) is 10.9. The lowest BCUT2D eigenvalue weighted by Crippen LogP contribution is -2.47. The fraction of sp³-hybridized carbons (Fsp3) is 0.727. The molecule has 26 heavy (non-hydrogen) atoms. The standard InChI is InChI=1S/C22H40F2Si2/c1-5-9-17-25(23,18-10-6-2)21-13-15-22(16-14-21)26(24,19-11-7-3)20-12-8-4/h13-16H,5-12,17-20H2,1-4H3. The summed E-state index contributed by atoms with van der Waals surface area (Å²) in [7, 11) is -5.81. The minimum atomic E-state index is -2.91. The lowest BCUT2D eigenvalue weighted by atomic mass is 10.3. The fourth-order valence-corrected chi connectivity index (χ4v) is 10.6. The Labute approximate surface area is 163 Å². The molecule has 0 bridgehead atoms. The van der Waals surface area contributed by atoms with Crippen LogP contribution in [0.1, 0.15) is 79.1 Å². The molecule has 0 saturated heterocycles. The van der Waals surface area contributed by atoms with Gasteiger partial charge in [-0.3, -0.25) is 0 Å².